The van der Waals surface area contributed by atoms with Crippen molar-refractivity contribution >= 4 is 0 Å². The van der Waals surface area contributed by atoms with Gasteiger partial charge in [-0.25, -0.2) is 8.78 Å². The van der Waals surface area contributed by atoms with Crippen molar-refractivity contribution in [2.24, 2.45) is 5.73 Å². The minimum atomic E-state index is -0.555. The second kappa shape index (κ2) is 4.63. The van der Waals surface area contributed by atoms with Crippen LogP contribution in [0.5, 0.6) is 5.75 Å². The Labute approximate surface area is 109 Å². The summed E-state index contributed by atoms with van der Waals surface area (Å²) >= 11 is 0. The number of nitrogens with two attached hydrogens (primary N) is 1. The highest BCUT2D eigenvalue weighted by molar-refractivity contribution is 5.39. The highest BCUT2D eigenvalue weighted by atomic mass is 19.1. The minimum Gasteiger partial charge on any atom is -0.485 e. The predicted octanol–water partition coefficient (Wildman–Crippen LogP) is 3.49. The number of rotatable bonds is 1. The van der Waals surface area contributed by atoms with Gasteiger partial charge in [-0.15, -0.1) is 0 Å². The van der Waals surface area contributed by atoms with Crippen LogP contribution in [-0.4, -0.2) is 0 Å². The summed E-state index contributed by atoms with van der Waals surface area (Å²) in [5.41, 5.74) is 7.18. The van der Waals surface area contributed by atoms with E-state index in [-0.39, 0.29) is 11.6 Å². The van der Waals surface area contributed by atoms with Crippen LogP contribution in [0.25, 0.3) is 0 Å². The second-order valence-corrected chi connectivity index (χ2v) is 4.65. The Morgan fingerprint density at radius 3 is 2.68 bits per heavy atom. The average Bonchev–Trinajstić information content (AvgIpc) is 2.41. The van der Waals surface area contributed by atoms with E-state index >= 15 is 0 Å². The molecule has 2 aromatic rings. The van der Waals surface area contributed by atoms with Gasteiger partial charge in [0, 0.05) is 23.6 Å². The maximum atomic E-state index is 13.8. The number of ether oxygens (including phenoxy) is 1. The van der Waals surface area contributed by atoms with Gasteiger partial charge in [0.25, 0.3) is 0 Å². The van der Waals surface area contributed by atoms with Gasteiger partial charge in [0.15, 0.2) is 0 Å². The number of hydrogen-bond donors (Lipinski definition) is 1. The monoisotopic (exact) mass is 261 g/mol. The lowest BCUT2D eigenvalue weighted by molar-refractivity contribution is 0.157. The lowest BCUT2D eigenvalue weighted by Crippen LogP contribution is -2.24. The number of benzene rings is 2. The Kier molecular flexibility index (Phi) is 2.95. The van der Waals surface area contributed by atoms with Gasteiger partial charge >= 0.3 is 0 Å². The van der Waals surface area contributed by atoms with E-state index in [0.717, 1.165) is 17.7 Å². The van der Waals surface area contributed by atoms with Gasteiger partial charge in [0.05, 0.1) is 0 Å². The number of hydrogen-bond acceptors (Lipinski definition) is 2. The quantitative estimate of drug-likeness (QED) is 0.852. The third-order valence-corrected chi connectivity index (χ3v) is 3.36. The molecule has 0 bridgehead atoms. The summed E-state index contributed by atoms with van der Waals surface area (Å²) in [6.07, 6.45) is -0.127. The Bertz CT molecular complexity index is 615. The third-order valence-electron chi connectivity index (χ3n) is 3.36. The zero-order valence-electron chi connectivity index (χ0n) is 10.1. The van der Waals surface area contributed by atoms with Crippen molar-refractivity contribution in [2.45, 2.75) is 18.6 Å². The van der Waals surface area contributed by atoms with E-state index in [1.807, 2.05) is 18.2 Å². The standard InChI is InChI=1S/C15H13F2NO/c16-9-5-6-12(17)11(7-9)15-8-13(18)10-3-1-2-4-14(10)19-15/h1-7,13,15H,8,18H2/t13-,15?/m1/s1. The van der Waals surface area contributed by atoms with Crippen molar-refractivity contribution in [3.05, 3.63) is 65.2 Å². The summed E-state index contributed by atoms with van der Waals surface area (Å²) in [5, 5.41) is 0. The highest BCUT2D eigenvalue weighted by Gasteiger charge is 2.28. The van der Waals surface area contributed by atoms with Crippen LogP contribution in [0.2, 0.25) is 0 Å². The molecule has 0 saturated carbocycles. The topological polar surface area (TPSA) is 35.2 Å². The average molecular weight is 261 g/mol. The van der Waals surface area contributed by atoms with Crippen molar-refractivity contribution in [3.8, 4) is 5.75 Å². The molecule has 4 heteroatoms. The van der Waals surface area contributed by atoms with Gasteiger partial charge in [0.2, 0.25) is 0 Å². The summed E-state index contributed by atoms with van der Waals surface area (Å²) in [7, 11) is 0. The number of halogens is 2. The van der Waals surface area contributed by atoms with Gasteiger partial charge in [-0.1, -0.05) is 18.2 Å². The SMILES string of the molecule is N[C@@H]1CC(c2cc(F)ccc2F)Oc2ccccc21. The first-order valence-electron chi connectivity index (χ1n) is 6.11. The summed E-state index contributed by atoms with van der Waals surface area (Å²) in [5.74, 6) is -0.319. The maximum absolute atomic E-state index is 13.8. The van der Waals surface area contributed by atoms with E-state index in [2.05, 4.69) is 0 Å². The smallest absolute Gasteiger partial charge is 0.130 e. The van der Waals surface area contributed by atoms with E-state index in [0.29, 0.717) is 12.2 Å². The molecular formula is C15H13F2NO. The second-order valence-electron chi connectivity index (χ2n) is 4.65. The molecule has 2 atom stereocenters. The van der Waals surface area contributed by atoms with E-state index in [4.69, 9.17) is 10.5 Å². The van der Waals surface area contributed by atoms with Crippen LogP contribution in [0, 0.1) is 11.6 Å². The Balaban J connectivity index is 1.99. The summed E-state index contributed by atoms with van der Waals surface area (Å²) in [6.45, 7) is 0. The molecule has 2 N–H and O–H groups in total. The van der Waals surface area contributed by atoms with Crippen molar-refractivity contribution in [1.82, 2.24) is 0 Å². The maximum Gasteiger partial charge on any atom is 0.130 e. The molecule has 0 spiro atoms. The Morgan fingerprint density at radius 1 is 1.05 bits per heavy atom. The van der Waals surface area contributed by atoms with Crippen LogP contribution >= 0.6 is 0 Å². The zero-order valence-corrected chi connectivity index (χ0v) is 10.1. The highest BCUT2D eigenvalue weighted by Crippen LogP contribution is 2.40. The van der Waals surface area contributed by atoms with Crippen molar-refractivity contribution < 1.29 is 13.5 Å². The first-order valence-corrected chi connectivity index (χ1v) is 6.11. The molecule has 1 heterocycles. The van der Waals surface area contributed by atoms with Crippen LogP contribution in [0.1, 0.15) is 29.7 Å². The molecule has 1 aliphatic heterocycles. The molecule has 2 aromatic carbocycles. The first kappa shape index (κ1) is 12.1. The third kappa shape index (κ3) is 2.19. The van der Waals surface area contributed by atoms with Gasteiger partial charge < -0.3 is 10.5 Å². The molecule has 1 aliphatic rings. The predicted molar refractivity (Wildman–Crippen MR) is 67.7 cm³/mol. The Morgan fingerprint density at radius 2 is 1.84 bits per heavy atom. The van der Waals surface area contributed by atoms with Crippen molar-refractivity contribution in [1.29, 1.82) is 0 Å². The Hall–Kier alpha value is -1.94. The lowest BCUT2D eigenvalue weighted by atomic mass is 9.93. The molecular weight excluding hydrogens is 248 g/mol. The normalized spacial score (nSPS) is 21.6. The van der Waals surface area contributed by atoms with E-state index in [1.165, 1.54) is 6.07 Å². The fourth-order valence-electron chi connectivity index (χ4n) is 2.40. The molecule has 0 fully saturated rings. The summed E-state index contributed by atoms with van der Waals surface area (Å²) in [4.78, 5) is 0. The van der Waals surface area contributed by atoms with Crippen LogP contribution in [-0.2, 0) is 0 Å². The van der Waals surface area contributed by atoms with Gasteiger partial charge in [-0.2, -0.15) is 0 Å². The number of fused-ring (bicyclic) bond motifs is 1. The molecule has 2 nitrogen and oxygen atoms in total. The molecule has 0 saturated heterocycles. The molecule has 0 amide bonds. The van der Waals surface area contributed by atoms with Crippen LogP contribution < -0.4 is 10.5 Å². The lowest BCUT2D eigenvalue weighted by Gasteiger charge is -2.30. The number of para-hydroxylation sites is 1. The molecule has 0 radical (unpaired) electrons. The summed E-state index contributed by atoms with van der Waals surface area (Å²) < 4.78 is 32.7. The summed E-state index contributed by atoms with van der Waals surface area (Å²) in [6, 6.07) is 10.5. The van der Waals surface area contributed by atoms with E-state index in [1.54, 1.807) is 6.07 Å². The first-order chi connectivity index (χ1) is 9.15. The van der Waals surface area contributed by atoms with Gasteiger partial charge in [-0.3, -0.25) is 0 Å². The van der Waals surface area contributed by atoms with Crippen LogP contribution in [0.3, 0.4) is 0 Å². The molecule has 0 aromatic heterocycles. The van der Waals surface area contributed by atoms with Crippen LogP contribution in [0.15, 0.2) is 42.5 Å². The fraction of sp³-hybridized carbons (Fsp3) is 0.200. The van der Waals surface area contributed by atoms with E-state index < -0.39 is 17.7 Å². The minimum absolute atomic E-state index is 0.213. The van der Waals surface area contributed by atoms with E-state index in [9.17, 15) is 8.78 Å². The van der Waals surface area contributed by atoms with Gasteiger partial charge in [-0.05, 0) is 24.3 Å². The molecule has 98 valence electrons. The van der Waals surface area contributed by atoms with Crippen molar-refractivity contribution in [2.75, 3.05) is 0 Å². The van der Waals surface area contributed by atoms with Crippen LogP contribution in [0.4, 0.5) is 8.78 Å². The van der Waals surface area contributed by atoms with Gasteiger partial charge in [0.1, 0.15) is 23.5 Å². The zero-order chi connectivity index (χ0) is 13.4. The largest absolute Gasteiger partial charge is 0.485 e. The molecule has 19 heavy (non-hydrogen) atoms. The fourth-order valence-corrected chi connectivity index (χ4v) is 2.40. The molecule has 1 unspecified atom stereocenters. The van der Waals surface area contributed by atoms with Crippen molar-refractivity contribution in [3.63, 3.8) is 0 Å². The molecule has 0 aliphatic carbocycles. The molecule has 3 rings (SSSR count).